The van der Waals surface area contributed by atoms with E-state index in [4.69, 9.17) is 4.74 Å². The Labute approximate surface area is 187 Å². The van der Waals surface area contributed by atoms with Crippen molar-refractivity contribution in [1.82, 2.24) is 4.90 Å². The average Bonchev–Trinajstić information content (AvgIpc) is 3.09. The van der Waals surface area contributed by atoms with Gasteiger partial charge in [0, 0.05) is 13.0 Å². The maximum absolute atomic E-state index is 13.2. The Kier molecular flexibility index (Phi) is 6.36. The maximum atomic E-state index is 13.2. The van der Waals surface area contributed by atoms with Crippen LogP contribution >= 0.6 is 0 Å². The Morgan fingerprint density at radius 3 is 2.16 bits per heavy atom. The fraction of sp³-hybridized carbons (Fsp3) is 0.185. The molecule has 1 unspecified atom stereocenters. The third-order valence-corrected chi connectivity index (χ3v) is 5.71. The lowest BCUT2D eigenvalue weighted by atomic mass is 9.93. The summed E-state index contributed by atoms with van der Waals surface area (Å²) in [5.41, 5.74) is 2.88. The number of aliphatic hydroxyl groups excluding tert-OH is 1. The summed E-state index contributed by atoms with van der Waals surface area (Å²) in [5, 5.41) is 10.7. The summed E-state index contributed by atoms with van der Waals surface area (Å²) in [4.78, 5) is 27.8. The van der Waals surface area contributed by atoms with Crippen molar-refractivity contribution < 1.29 is 19.4 Å². The van der Waals surface area contributed by atoms with E-state index in [9.17, 15) is 14.7 Å². The van der Waals surface area contributed by atoms with Gasteiger partial charge in [-0.05, 0) is 35.2 Å². The highest BCUT2D eigenvalue weighted by molar-refractivity contribution is 6.09. The van der Waals surface area contributed by atoms with Crippen LogP contribution in [0.2, 0.25) is 0 Å². The molecule has 162 valence electrons. The average molecular weight is 428 g/mol. The molecule has 0 radical (unpaired) electrons. The Balaban J connectivity index is 1.63. The molecule has 3 aromatic rings. The van der Waals surface area contributed by atoms with E-state index in [1.165, 1.54) is 0 Å². The monoisotopic (exact) mass is 427 g/mol. The first-order chi connectivity index (χ1) is 15.6. The van der Waals surface area contributed by atoms with Crippen LogP contribution in [0.3, 0.4) is 0 Å². The number of benzene rings is 3. The van der Waals surface area contributed by atoms with Crippen LogP contribution in [0.5, 0.6) is 5.75 Å². The highest BCUT2D eigenvalue weighted by Gasteiger charge is 2.43. The first-order valence-corrected chi connectivity index (χ1v) is 10.6. The molecule has 0 bridgehead atoms. The number of hydrogen-bond donors (Lipinski definition) is 1. The van der Waals surface area contributed by atoms with Crippen molar-refractivity contribution in [3.05, 3.63) is 113 Å². The molecule has 0 saturated heterocycles. The number of aryl methyl sites for hydroxylation is 1. The van der Waals surface area contributed by atoms with E-state index in [1.54, 1.807) is 12.0 Å². The van der Waals surface area contributed by atoms with E-state index >= 15 is 0 Å². The van der Waals surface area contributed by atoms with Crippen molar-refractivity contribution in [2.24, 2.45) is 0 Å². The molecule has 1 amide bonds. The summed E-state index contributed by atoms with van der Waals surface area (Å²) in [6.45, 7) is 0.266. The van der Waals surface area contributed by atoms with Crippen LogP contribution < -0.4 is 4.74 Å². The standard InChI is InChI=1S/C27H25NO4/c1-32-22-15-12-20(13-16-22)18-28-25(21-10-6-3-7-11-21)24(26(30)27(28)31)23(29)17-14-19-8-4-2-5-9-19/h2-13,15-16,25,30H,14,17-18H2,1H3. The maximum Gasteiger partial charge on any atom is 0.290 e. The minimum Gasteiger partial charge on any atom is -0.503 e. The minimum absolute atomic E-state index is 0.172. The summed E-state index contributed by atoms with van der Waals surface area (Å²) in [7, 11) is 1.60. The summed E-state index contributed by atoms with van der Waals surface area (Å²) in [6.07, 6.45) is 0.765. The number of methoxy groups -OCH3 is 1. The van der Waals surface area contributed by atoms with Gasteiger partial charge in [0.1, 0.15) is 5.75 Å². The molecule has 1 N–H and O–H groups in total. The van der Waals surface area contributed by atoms with Crippen LogP contribution in [-0.2, 0) is 22.6 Å². The van der Waals surface area contributed by atoms with Gasteiger partial charge in [-0.1, -0.05) is 72.8 Å². The topological polar surface area (TPSA) is 66.8 Å². The molecule has 0 fully saturated rings. The number of amides is 1. The molecule has 5 heteroatoms. The Morgan fingerprint density at radius 1 is 0.906 bits per heavy atom. The lowest BCUT2D eigenvalue weighted by Crippen LogP contribution is -2.30. The van der Waals surface area contributed by atoms with Gasteiger partial charge in [0.2, 0.25) is 0 Å². The van der Waals surface area contributed by atoms with Crippen LogP contribution in [0.15, 0.2) is 96.3 Å². The lowest BCUT2D eigenvalue weighted by Gasteiger charge is -2.27. The first-order valence-electron chi connectivity index (χ1n) is 10.6. The molecule has 0 aliphatic carbocycles. The van der Waals surface area contributed by atoms with Gasteiger partial charge >= 0.3 is 0 Å². The Hall–Kier alpha value is -3.86. The second-order valence-corrected chi connectivity index (χ2v) is 7.77. The number of aliphatic hydroxyl groups is 1. The zero-order valence-corrected chi connectivity index (χ0v) is 17.9. The quantitative estimate of drug-likeness (QED) is 0.561. The predicted molar refractivity (Wildman–Crippen MR) is 122 cm³/mol. The van der Waals surface area contributed by atoms with E-state index < -0.39 is 17.7 Å². The fourth-order valence-electron chi connectivity index (χ4n) is 4.05. The molecule has 1 atom stereocenters. The number of rotatable bonds is 8. The van der Waals surface area contributed by atoms with E-state index in [-0.39, 0.29) is 24.3 Å². The highest BCUT2D eigenvalue weighted by Crippen LogP contribution is 2.39. The van der Waals surface area contributed by atoms with E-state index in [1.807, 2.05) is 84.9 Å². The molecule has 0 spiro atoms. The molecule has 4 rings (SSSR count). The van der Waals surface area contributed by atoms with Gasteiger partial charge in [-0.2, -0.15) is 0 Å². The number of ether oxygens (including phenoxy) is 1. The molecule has 1 aliphatic rings. The molecule has 3 aromatic carbocycles. The zero-order chi connectivity index (χ0) is 22.5. The van der Waals surface area contributed by atoms with Crippen molar-refractivity contribution in [2.45, 2.75) is 25.4 Å². The van der Waals surface area contributed by atoms with E-state index in [0.29, 0.717) is 6.42 Å². The third-order valence-electron chi connectivity index (χ3n) is 5.71. The van der Waals surface area contributed by atoms with Gasteiger partial charge in [0.15, 0.2) is 11.5 Å². The second kappa shape index (κ2) is 9.52. The van der Waals surface area contributed by atoms with Gasteiger partial charge in [-0.3, -0.25) is 9.59 Å². The number of carbonyl (C=O) groups is 2. The Bertz CT molecular complexity index is 1120. The largest absolute Gasteiger partial charge is 0.503 e. The van der Waals surface area contributed by atoms with Crippen LogP contribution in [0.4, 0.5) is 0 Å². The zero-order valence-electron chi connectivity index (χ0n) is 17.9. The van der Waals surface area contributed by atoms with Gasteiger partial charge in [0.05, 0.1) is 18.7 Å². The van der Waals surface area contributed by atoms with Crippen LogP contribution in [-0.4, -0.2) is 28.8 Å². The second-order valence-electron chi connectivity index (χ2n) is 7.77. The summed E-state index contributed by atoms with van der Waals surface area (Å²) >= 11 is 0. The normalized spacial score (nSPS) is 15.8. The lowest BCUT2D eigenvalue weighted by molar-refractivity contribution is -0.130. The molecule has 5 nitrogen and oxygen atoms in total. The fourth-order valence-corrected chi connectivity index (χ4v) is 4.05. The van der Waals surface area contributed by atoms with Gasteiger partial charge in [-0.15, -0.1) is 0 Å². The number of nitrogens with zero attached hydrogens (tertiary/aromatic N) is 1. The number of ketones is 1. The Morgan fingerprint density at radius 2 is 1.53 bits per heavy atom. The van der Waals surface area contributed by atoms with Gasteiger partial charge in [0.25, 0.3) is 5.91 Å². The molecule has 1 aliphatic heterocycles. The molecule has 1 heterocycles. The number of carbonyl (C=O) groups excluding carboxylic acids is 2. The van der Waals surface area contributed by atoms with Crippen molar-refractivity contribution in [2.75, 3.05) is 7.11 Å². The number of Topliss-reactive ketones (excluding diaryl/α,β-unsaturated/α-hetero) is 1. The smallest absolute Gasteiger partial charge is 0.290 e. The summed E-state index contributed by atoms with van der Waals surface area (Å²) in [5.74, 6) is -0.479. The number of hydrogen-bond acceptors (Lipinski definition) is 4. The highest BCUT2D eigenvalue weighted by atomic mass is 16.5. The third kappa shape index (κ3) is 4.42. The predicted octanol–water partition coefficient (Wildman–Crippen LogP) is 4.79. The van der Waals surface area contributed by atoms with E-state index in [2.05, 4.69) is 0 Å². The summed E-state index contributed by atoms with van der Waals surface area (Å²) < 4.78 is 5.21. The van der Waals surface area contributed by atoms with Crippen molar-refractivity contribution in [3.8, 4) is 5.75 Å². The van der Waals surface area contributed by atoms with Crippen molar-refractivity contribution in [1.29, 1.82) is 0 Å². The van der Waals surface area contributed by atoms with Gasteiger partial charge < -0.3 is 14.7 Å². The van der Waals surface area contributed by atoms with Crippen LogP contribution in [0.25, 0.3) is 0 Å². The van der Waals surface area contributed by atoms with Crippen LogP contribution in [0, 0.1) is 0 Å². The van der Waals surface area contributed by atoms with Gasteiger partial charge in [-0.25, -0.2) is 0 Å². The molecule has 0 saturated carbocycles. The molecule has 32 heavy (non-hydrogen) atoms. The first kappa shape index (κ1) is 21.4. The molecule has 0 aromatic heterocycles. The molecular weight excluding hydrogens is 402 g/mol. The summed E-state index contributed by atoms with van der Waals surface area (Å²) in [6, 6.07) is 25.9. The SMILES string of the molecule is COc1ccc(CN2C(=O)C(O)=C(C(=O)CCc3ccccc3)C2c2ccccc2)cc1. The van der Waals surface area contributed by atoms with Crippen LogP contribution in [0.1, 0.15) is 29.2 Å². The van der Waals surface area contributed by atoms with Crippen molar-refractivity contribution in [3.63, 3.8) is 0 Å². The molecular formula is C27H25NO4. The van der Waals surface area contributed by atoms with Crippen molar-refractivity contribution >= 4 is 11.7 Å². The van der Waals surface area contributed by atoms with E-state index in [0.717, 1.165) is 22.4 Å². The minimum atomic E-state index is -0.630.